The summed E-state index contributed by atoms with van der Waals surface area (Å²) in [5.74, 6) is -1.15. The lowest BCUT2D eigenvalue weighted by Crippen LogP contribution is -2.34. The third-order valence-electron chi connectivity index (χ3n) is 4.39. The van der Waals surface area contributed by atoms with Crippen LogP contribution < -0.4 is 10.6 Å². The number of hydrogen-bond donors (Lipinski definition) is 2. The summed E-state index contributed by atoms with van der Waals surface area (Å²) in [5.41, 5.74) is 1.63. The maximum atomic E-state index is 12.3. The molecule has 8 heteroatoms. The summed E-state index contributed by atoms with van der Waals surface area (Å²) >= 11 is 0. The summed E-state index contributed by atoms with van der Waals surface area (Å²) in [6, 6.07) is 13.0. The maximum absolute atomic E-state index is 12.3. The second kappa shape index (κ2) is 10.7. The van der Waals surface area contributed by atoms with Gasteiger partial charge in [-0.15, -0.1) is 0 Å². The lowest BCUT2D eigenvalue weighted by Gasteiger charge is -2.12. The standard InChI is InChI=1S/C23H25F3N2O3/c1-15(2)13-16-7-9-17(10-8-16)20(29)11-12-21(30)28-19-6-4-3-5-18(19)22(31)27-14-23(24,25)26/h3-10,15H,11-14H2,1-2H3,(H,27,31)(H,28,30). The van der Waals surface area contributed by atoms with E-state index in [1.165, 1.54) is 18.2 Å². The van der Waals surface area contributed by atoms with Gasteiger partial charge in [-0.05, 0) is 30.0 Å². The van der Waals surface area contributed by atoms with Crippen molar-refractivity contribution >= 4 is 23.3 Å². The molecule has 31 heavy (non-hydrogen) atoms. The van der Waals surface area contributed by atoms with Crippen LogP contribution in [0.3, 0.4) is 0 Å². The van der Waals surface area contributed by atoms with Crippen molar-refractivity contribution in [1.29, 1.82) is 0 Å². The predicted molar refractivity (Wildman–Crippen MR) is 112 cm³/mol. The van der Waals surface area contributed by atoms with Gasteiger partial charge in [0.2, 0.25) is 5.91 Å². The molecule has 166 valence electrons. The van der Waals surface area contributed by atoms with E-state index < -0.39 is 24.5 Å². The lowest BCUT2D eigenvalue weighted by atomic mass is 9.99. The zero-order valence-electron chi connectivity index (χ0n) is 17.4. The van der Waals surface area contributed by atoms with Crippen molar-refractivity contribution in [2.45, 2.75) is 39.3 Å². The maximum Gasteiger partial charge on any atom is 0.405 e. The molecule has 0 bridgehead atoms. The number of para-hydroxylation sites is 1. The van der Waals surface area contributed by atoms with Crippen LogP contribution in [-0.2, 0) is 11.2 Å². The van der Waals surface area contributed by atoms with Crippen molar-refractivity contribution in [3.63, 3.8) is 0 Å². The minimum atomic E-state index is -4.54. The smallest absolute Gasteiger partial charge is 0.343 e. The average molecular weight is 434 g/mol. The molecule has 2 aromatic rings. The number of ketones is 1. The molecule has 2 N–H and O–H groups in total. The SMILES string of the molecule is CC(C)Cc1ccc(C(=O)CCC(=O)Nc2ccccc2C(=O)NCC(F)(F)F)cc1. The van der Waals surface area contributed by atoms with Crippen LogP contribution in [0.15, 0.2) is 48.5 Å². The van der Waals surface area contributed by atoms with Crippen LogP contribution in [0.2, 0.25) is 0 Å². The van der Waals surface area contributed by atoms with Crippen molar-refractivity contribution in [2.24, 2.45) is 5.92 Å². The number of rotatable bonds is 9. The molecule has 2 aromatic carbocycles. The van der Waals surface area contributed by atoms with E-state index in [2.05, 4.69) is 19.2 Å². The molecule has 0 spiro atoms. The molecule has 0 fully saturated rings. The van der Waals surface area contributed by atoms with Crippen molar-refractivity contribution in [3.8, 4) is 0 Å². The van der Waals surface area contributed by atoms with Crippen molar-refractivity contribution < 1.29 is 27.6 Å². The van der Waals surface area contributed by atoms with Gasteiger partial charge in [0.1, 0.15) is 6.54 Å². The fourth-order valence-electron chi connectivity index (χ4n) is 2.95. The zero-order valence-corrected chi connectivity index (χ0v) is 17.4. The topological polar surface area (TPSA) is 75.3 Å². The molecule has 0 atom stereocenters. The normalized spacial score (nSPS) is 11.3. The summed E-state index contributed by atoms with van der Waals surface area (Å²) in [6.45, 7) is 2.74. The molecule has 0 radical (unpaired) electrons. The van der Waals surface area contributed by atoms with Crippen LogP contribution in [0.1, 0.15) is 53.0 Å². The Balaban J connectivity index is 1.93. The number of nitrogens with one attached hydrogen (secondary N) is 2. The van der Waals surface area contributed by atoms with E-state index in [9.17, 15) is 27.6 Å². The van der Waals surface area contributed by atoms with Gasteiger partial charge in [0.15, 0.2) is 5.78 Å². The summed E-state index contributed by atoms with van der Waals surface area (Å²) in [4.78, 5) is 36.6. The summed E-state index contributed by atoms with van der Waals surface area (Å²) in [5, 5.41) is 4.26. The molecule has 0 unspecified atom stereocenters. The quantitative estimate of drug-likeness (QED) is 0.558. The monoisotopic (exact) mass is 434 g/mol. The highest BCUT2D eigenvalue weighted by Crippen LogP contribution is 2.18. The zero-order chi connectivity index (χ0) is 23.0. The van der Waals surface area contributed by atoms with E-state index in [0.29, 0.717) is 11.5 Å². The molecular weight excluding hydrogens is 409 g/mol. The molecular formula is C23H25F3N2O3. The molecule has 0 aromatic heterocycles. The van der Waals surface area contributed by atoms with Crippen molar-refractivity contribution in [1.82, 2.24) is 5.32 Å². The fourth-order valence-corrected chi connectivity index (χ4v) is 2.95. The number of hydrogen-bond acceptors (Lipinski definition) is 3. The highest BCUT2D eigenvalue weighted by molar-refractivity contribution is 6.05. The van der Waals surface area contributed by atoms with Crippen molar-refractivity contribution in [3.05, 3.63) is 65.2 Å². The van der Waals surface area contributed by atoms with Crippen LogP contribution in [-0.4, -0.2) is 30.3 Å². The fraction of sp³-hybridized carbons (Fsp3) is 0.348. The van der Waals surface area contributed by atoms with Crippen LogP contribution in [0.25, 0.3) is 0 Å². The van der Waals surface area contributed by atoms with Crippen molar-refractivity contribution in [2.75, 3.05) is 11.9 Å². The number of Topliss-reactive ketones (excluding diaryl/α,β-unsaturated/α-hetero) is 1. The molecule has 2 rings (SSSR count). The minimum Gasteiger partial charge on any atom is -0.343 e. The van der Waals surface area contributed by atoms with E-state index >= 15 is 0 Å². The molecule has 0 aliphatic rings. The molecule has 0 saturated heterocycles. The lowest BCUT2D eigenvalue weighted by molar-refractivity contribution is -0.123. The van der Waals surface area contributed by atoms with Gasteiger partial charge in [0.25, 0.3) is 5.91 Å². The largest absolute Gasteiger partial charge is 0.405 e. The number of halogens is 3. The van der Waals surface area contributed by atoms with Crippen LogP contribution >= 0.6 is 0 Å². The van der Waals surface area contributed by atoms with E-state index in [1.807, 2.05) is 12.1 Å². The molecule has 0 aliphatic heterocycles. The number of alkyl halides is 3. The average Bonchev–Trinajstić information content (AvgIpc) is 2.70. The van der Waals surface area contributed by atoms with Gasteiger partial charge in [-0.2, -0.15) is 13.2 Å². The Kier molecular flexibility index (Phi) is 8.36. The van der Waals surface area contributed by atoms with Gasteiger partial charge in [0, 0.05) is 18.4 Å². The highest BCUT2D eigenvalue weighted by atomic mass is 19.4. The number of carbonyl (C=O) groups excluding carboxylic acids is 3. The Hall–Kier alpha value is -3.16. The molecule has 0 heterocycles. The molecule has 0 aliphatic carbocycles. The van der Waals surface area contributed by atoms with E-state index in [-0.39, 0.29) is 29.9 Å². The second-order valence-corrected chi connectivity index (χ2v) is 7.61. The van der Waals surface area contributed by atoms with E-state index in [1.54, 1.807) is 23.5 Å². The van der Waals surface area contributed by atoms with Gasteiger partial charge < -0.3 is 10.6 Å². The number of benzene rings is 2. The highest BCUT2D eigenvalue weighted by Gasteiger charge is 2.28. The molecule has 2 amide bonds. The number of amides is 2. The minimum absolute atomic E-state index is 0.0300. The summed E-state index contributed by atoms with van der Waals surface area (Å²) in [6.07, 6.45) is -3.78. The Morgan fingerprint density at radius 2 is 1.58 bits per heavy atom. The Morgan fingerprint density at radius 1 is 0.935 bits per heavy atom. The van der Waals surface area contributed by atoms with Gasteiger partial charge >= 0.3 is 6.18 Å². The Morgan fingerprint density at radius 3 is 2.19 bits per heavy atom. The Labute approximate surface area is 179 Å². The first kappa shape index (κ1) is 24.1. The molecule has 0 saturated carbocycles. The van der Waals surface area contributed by atoms with E-state index in [4.69, 9.17) is 0 Å². The predicted octanol–water partition coefficient (Wildman–Crippen LogP) is 4.78. The number of carbonyl (C=O) groups is 3. The first-order valence-electron chi connectivity index (χ1n) is 9.91. The van der Waals surface area contributed by atoms with Gasteiger partial charge in [-0.1, -0.05) is 50.2 Å². The first-order chi connectivity index (χ1) is 14.5. The third-order valence-corrected chi connectivity index (χ3v) is 4.39. The summed E-state index contributed by atoms with van der Waals surface area (Å²) < 4.78 is 37.0. The van der Waals surface area contributed by atoms with Gasteiger partial charge in [-0.25, -0.2) is 0 Å². The van der Waals surface area contributed by atoms with Crippen LogP contribution in [0.5, 0.6) is 0 Å². The Bertz CT molecular complexity index is 922. The second-order valence-electron chi connectivity index (χ2n) is 7.61. The number of anilines is 1. The van der Waals surface area contributed by atoms with Crippen LogP contribution in [0.4, 0.5) is 18.9 Å². The van der Waals surface area contributed by atoms with Gasteiger partial charge in [0.05, 0.1) is 11.3 Å². The van der Waals surface area contributed by atoms with Crippen LogP contribution in [0, 0.1) is 5.92 Å². The van der Waals surface area contributed by atoms with Gasteiger partial charge in [-0.3, -0.25) is 14.4 Å². The summed E-state index contributed by atoms with van der Waals surface area (Å²) in [7, 11) is 0. The molecule has 5 nitrogen and oxygen atoms in total. The first-order valence-corrected chi connectivity index (χ1v) is 9.91. The third kappa shape index (κ3) is 8.24. The van der Waals surface area contributed by atoms with E-state index in [0.717, 1.165) is 12.0 Å².